The molecule has 8 heterocycles. The maximum atomic E-state index is 13.7. The van der Waals surface area contributed by atoms with Crippen molar-refractivity contribution in [2.75, 3.05) is 67.5 Å². The molecule has 2 N–H and O–H groups in total. The maximum Gasteiger partial charge on any atom is 0.329 e. The van der Waals surface area contributed by atoms with Crippen molar-refractivity contribution in [2.24, 2.45) is 18.4 Å². The summed E-state index contributed by atoms with van der Waals surface area (Å²) in [4.78, 5) is 68.9. The summed E-state index contributed by atoms with van der Waals surface area (Å²) in [5, 5.41) is 6.09. The zero-order valence-corrected chi connectivity index (χ0v) is 35.9. The van der Waals surface area contributed by atoms with Gasteiger partial charge < -0.3 is 10.2 Å². The summed E-state index contributed by atoms with van der Waals surface area (Å²) < 4.78 is 8.38. The summed E-state index contributed by atoms with van der Waals surface area (Å²) >= 11 is 1.94. The number of carbonyl (C=O) groups is 3. The quantitative estimate of drug-likeness (QED) is 0.248. The van der Waals surface area contributed by atoms with Crippen molar-refractivity contribution in [3.8, 4) is 0 Å². The topological polar surface area (TPSA) is 144 Å². The highest BCUT2D eigenvalue weighted by molar-refractivity contribution is 7.94. The lowest BCUT2D eigenvalue weighted by Crippen LogP contribution is -2.63. The standard InChI is InChI=1S/C44H59N11O4S/c1-28-6-3-7-32(28)55-38-31(44(17-18-44)40(55)58)24-45-41(48-38)46-29-12-22-52(23-13-29)60-53-26-43(27-53)16-5-19-51(25-43)30-14-20-50(21-15-30)33-8-4-9-34-37(33)49(2)42(59)54(34)35-10-11-36(56)47-39(35)57/h4,8-9,24,28-30,32,35H,3,5-7,10-23,25-27H2,1-2H3,(H,45,46,48)(H,47,56,57). The average molecular weight is 838 g/mol. The predicted octanol–water partition coefficient (Wildman–Crippen LogP) is 4.18. The van der Waals surface area contributed by atoms with E-state index in [2.05, 4.69) is 46.9 Å². The molecule has 15 nitrogen and oxygen atoms in total. The van der Waals surface area contributed by atoms with Crippen LogP contribution in [0.15, 0.2) is 29.2 Å². The van der Waals surface area contributed by atoms with Gasteiger partial charge in [-0.3, -0.25) is 38.6 Å². The normalized spacial score (nSPS) is 28.8. The van der Waals surface area contributed by atoms with E-state index in [4.69, 9.17) is 9.97 Å². The summed E-state index contributed by atoms with van der Waals surface area (Å²) in [6.07, 6.45) is 14.6. The van der Waals surface area contributed by atoms with Gasteiger partial charge >= 0.3 is 5.69 Å². The van der Waals surface area contributed by atoms with E-state index in [-0.39, 0.29) is 35.4 Å². The number of rotatable bonds is 8. The molecule has 3 atom stereocenters. The molecule has 11 rings (SSSR count). The molecule has 320 valence electrons. The number of fused-ring (bicyclic) bond motifs is 3. The zero-order valence-electron chi connectivity index (χ0n) is 35.1. The molecule has 2 aromatic heterocycles. The summed E-state index contributed by atoms with van der Waals surface area (Å²) in [6.45, 7) is 10.8. The summed E-state index contributed by atoms with van der Waals surface area (Å²) in [5.74, 6) is 1.65. The number of likely N-dealkylation sites (tertiary alicyclic amines) is 1. The SMILES string of the molecule is CC1CCCC1N1C(=O)C2(CC2)c2cnc(NC3CCN(SN4CC5(CCCN(C6CCN(c7cccc8c7n(C)c(=O)n8C7CCC(=O)NC7=O)CC6)C5)C4)CC3)nc21. The second-order valence-electron chi connectivity index (χ2n) is 19.5. The van der Waals surface area contributed by atoms with Gasteiger partial charge in [0.2, 0.25) is 23.7 Å². The first-order valence-electron chi connectivity index (χ1n) is 22.8. The van der Waals surface area contributed by atoms with E-state index in [1.807, 2.05) is 30.5 Å². The fourth-order valence-electron chi connectivity index (χ4n) is 12.2. The van der Waals surface area contributed by atoms with Crippen molar-refractivity contribution in [3.05, 3.63) is 40.4 Å². The molecule has 3 amide bonds. The molecule has 3 unspecified atom stereocenters. The van der Waals surface area contributed by atoms with Crippen LogP contribution in [0.4, 0.5) is 17.5 Å². The Morgan fingerprint density at radius 3 is 2.40 bits per heavy atom. The van der Waals surface area contributed by atoms with Crippen LogP contribution in [0, 0.1) is 11.3 Å². The van der Waals surface area contributed by atoms with E-state index in [0.717, 1.165) is 112 Å². The number of amides is 3. The van der Waals surface area contributed by atoms with E-state index in [1.165, 1.54) is 38.8 Å². The summed E-state index contributed by atoms with van der Waals surface area (Å²) in [5.41, 5.74) is 3.51. The third-order valence-corrected chi connectivity index (χ3v) is 16.8. The Hall–Kier alpha value is -3.99. The number of para-hydroxylation sites is 1. The lowest BCUT2D eigenvalue weighted by molar-refractivity contribution is -0.135. The first kappa shape index (κ1) is 38.9. The second kappa shape index (κ2) is 14.8. The molecule has 60 heavy (non-hydrogen) atoms. The third-order valence-electron chi connectivity index (χ3n) is 15.7. The summed E-state index contributed by atoms with van der Waals surface area (Å²) in [7, 11) is 1.79. The van der Waals surface area contributed by atoms with Gasteiger partial charge in [-0.25, -0.2) is 18.4 Å². The fourth-order valence-corrected chi connectivity index (χ4v) is 13.6. The Morgan fingerprint density at radius 1 is 0.867 bits per heavy atom. The Bertz CT molecular complexity index is 2270. The average Bonchev–Trinajstić information content (AvgIpc) is 3.81. The highest BCUT2D eigenvalue weighted by Gasteiger charge is 2.62. The van der Waals surface area contributed by atoms with Crippen molar-refractivity contribution in [1.82, 2.24) is 37.9 Å². The minimum atomic E-state index is -0.680. The van der Waals surface area contributed by atoms with Gasteiger partial charge in [0.1, 0.15) is 11.9 Å². The van der Waals surface area contributed by atoms with Gasteiger partial charge in [-0.15, -0.1) is 0 Å². The van der Waals surface area contributed by atoms with Crippen LogP contribution in [-0.4, -0.2) is 121 Å². The molecule has 16 heteroatoms. The largest absolute Gasteiger partial charge is 0.370 e. The number of imide groups is 1. The van der Waals surface area contributed by atoms with Gasteiger partial charge in [0.15, 0.2) is 0 Å². The predicted molar refractivity (Wildman–Crippen MR) is 232 cm³/mol. The van der Waals surface area contributed by atoms with Crippen LogP contribution in [0.3, 0.4) is 0 Å². The Labute approximate surface area is 355 Å². The minimum Gasteiger partial charge on any atom is -0.370 e. The highest BCUT2D eigenvalue weighted by Crippen LogP contribution is 2.58. The molecule has 2 saturated carbocycles. The number of hydrogen-bond donors (Lipinski definition) is 2. The van der Waals surface area contributed by atoms with Gasteiger partial charge in [-0.2, -0.15) is 4.98 Å². The molecular formula is C44H59N11O4S. The number of benzene rings is 1. The monoisotopic (exact) mass is 837 g/mol. The highest BCUT2D eigenvalue weighted by atomic mass is 32.2. The number of hydrogen-bond acceptors (Lipinski definition) is 12. The first-order valence-corrected chi connectivity index (χ1v) is 23.5. The number of aromatic nitrogens is 4. The van der Waals surface area contributed by atoms with Gasteiger partial charge in [0.05, 0.1) is 22.1 Å². The number of nitrogens with one attached hydrogen (secondary N) is 2. The zero-order chi connectivity index (χ0) is 40.9. The second-order valence-corrected chi connectivity index (χ2v) is 20.7. The molecule has 1 aromatic carbocycles. The Kier molecular flexibility index (Phi) is 9.62. The molecule has 8 aliphatic rings. The van der Waals surface area contributed by atoms with Gasteiger partial charge in [-0.05, 0) is 95.2 Å². The Balaban J connectivity index is 0.663. The van der Waals surface area contributed by atoms with Crippen LogP contribution in [0.2, 0.25) is 0 Å². The van der Waals surface area contributed by atoms with Crippen LogP contribution >= 0.6 is 12.1 Å². The number of aryl methyl sites for hydroxylation is 1. The molecule has 6 aliphatic heterocycles. The molecule has 0 radical (unpaired) electrons. The first-order chi connectivity index (χ1) is 29.1. The molecular weight excluding hydrogens is 779 g/mol. The van der Waals surface area contributed by atoms with Crippen molar-refractivity contribution in [1.29, 1.82) is 0 Å². The van der Waals surface area contributed by atoms with Crippen LogP contribution in [0.5, 0.6) is 0 Å². The van der Waals surface area contributed by atoms with Crippen LogP contribution in [-0.2, 0) is 26.8 Å². The van der Waals surface area contributed by atoms with Gasteiger partial charge in [0.25, 0.3) is 0 Å². The molecule has 2 aliphatic carbocycles. The lowest BCUT2D eigenvalue weighted by atomic mass is 9.74. The van der Waals surface area contributed by atoms with Gasteiger partial charge in [0, 0.05) is 107 Å². The molecule has 0 bridgehead atoms. The van der Waals surface area contributed by atoms with E-state index in [0.29, 0.717) is 35.8 Å². The van der Waals surface area contributed by atoms with Gasteiger partial charge in [-0.1, -0.05) is 19.4 Å². The van der Waals surface area contributed by atoms with E-state index in [1.54, 1.807) is 16.2 Å². The third kappa shape index (κ3) is 6.48. The van der Waals surface area contributed by atoms with Crippen molar-refractivity contribution in [2.45, 2.75) is 120 Å². The van der Waals surface area contributed by atoms with Crippen LogP contribution in [0.25, 0.3) is 11.0 Å². The van der Waals surface area contributed by atoms with E-state index >= 15 is 0 Å². The van der Waals surface area contributed by atoms with Crippen molar-refractivity contribution >= 4 is 58.3 Å². The summed E-state index contributed by atoms with van der Waals surface area (Å²) in [6, 6.07) is 6.48. The molecule has 3 aromatic rings. The lowest BCUT2D eigenvalue weighted by Gasteiger charge is -2.56. The number of imidazole rings is 1. The maximum absolute atomic E-state index is 13.7. The fraction of sp³-hybridized carbons (Fsp3) is 0.682. The minimum absolute atomic E-state index is 0.220. The Morgan fingerprint density at radius 2 is 1.67 bits per heavy atom. The van der Waals surface area contributed by atoms with Crippen LogP contribution < -0.4 is 26.1 Å². The molecule has 7 fully saturated rings. The van der Waals surface area contributed by atoms with Crippen molar-refractivity contribution < 1.29 is 14.4 Å². The molecule has 2 spiro atoms. The van der Waals surface area contributed by atoms with E-state index < -0.39 is 11.9 Å². The van der Waals surface area contributed by atoms with E-state index in [9.17, 15) is 19.2 Å². The van der Waals surface area contributed by atoms with Crippen molar-refractivity contribution in [3.63, 3.8) is 0 Å². The number of carbonyl (C=O) groups excluding carboxylic acids is 3. The molecule has 5 saturated heterocycles. The smallest absolute Gasteiger partial charge is 0.329 e. The number of anilines is 3. The number of piperidine rings is 4. The number of nitrogens with zero attached hydrogens (tertiary/aromatic N) is 9. The van der Waals surface area contributed by atoms with Crippen LogP contribution in [0.1, 0.15) is 102 Å².